The number of hydrogen-bond acceptors (Lipinski definition) is 8. The molecule has 0 spiro atoms. The quantitative estimate of drug-likeness (QED) is 0.157. The maximum absolute atomic E-state index is 13.2. The number of nitrogens with zero attached hydrogens (tertiary/aromatic N) is 1. The lowest BCUT2D eigenvalue weighted by Gasteiger charge is -2.25. The van der Waals surface area contributed by atoms with Gasteiger partial charge in [-0.3, -0.25) is 19.8 Å². The van der Waals surface area contributed by atoms with Crippen LogP contribution < -0.4 is 21.1 Å². The first-order valence-corrected chi connectivity index (χ1v) is 13.7. The third kappa shape index (κ3) is 7.87. The topological polar surface area (TPSA) is 167 Å². The number of alkyl halides is 2. The van der Waals surface area contributed by atoms with Crippen molar-refractivity contribution in [3.05, 3.63) is 82.0 Å². The summed E-state index contributed by atoms with van der Waals surface area (Å²) in [6.45, 7) is -4.39. The van der Waals surface area contributed by atoms with E-state index < -0.39 is 55.7 Å². The Morgan fingerprint density at radius 3 is 2.40 bits per heavy atom. The number of aliphatic hydroxyl groups excluding tert-OH is 1. The maximum Gasteiger partial charge on any atom is 0.345 e. The number of nitrogen functional groups attached to an aromatic ring is 1. The second-order valence-electron chi connectivity index (χ2n) is 9.33. The fourth-order valence-corrected chi connectivity index (χ4v) is 5.33. The molecule has 11 nitrogen and oxygen atoms in total. The minimum absolute atomic E-state index is 0.182. The molecule has 0 saturated carbocycles. The number of nitrogens with two attached hydrogens (primary N) is 1. The Morgan fingerprint density at radius 1 is 1.10 bits per heavy atom. The van der Waals surface area contributed by atoms with Gasteiger partial charge in [0, 0.05) is 34.3 Å². The number of para-hydroxylation sites is 1. The van der Waals surface area contributed by atoms with Crippen LogP contribution in [0.2, 0.25) is 0 Å². The molecule has 0 radical (unpaired) electrons. The number of rotatable bonds is 12. The Labute approximate surface area is 243 Å². The molecule has 3 atom stereocenters. The number of aliphatic hydroxyl groups is 1. The number of likely N-dealkylation sites (tertiary alicyclic amines) is 1. The van der Waals surface area contributed by atoms with E-state index in [-0.39, 0.29) is 24.4 Å². The molecule has 222 valence electrons. The van der Waals surface area contributed by atoms with Crippen molar-refractivity contribution in [3.8, 4) is 11.5 Å². The van der Waals surface area contributed by atoms with Gasteiger partial charge >= 0.3 is 6.61 Å². The van der Waals surface area contributed by atoms with E-state index in [2.05, 4.69) is 15.4 Å². The van der Waals surface area contributed by atoms with E-state index in [0.717, 1.165) is 4.90 Å². The van der Waals surface area contributed by atoms with Gasteiger partial charge in [-0.05, 0) is 42.5 Å². The maximum atomic E-state index is 13.2. The first kappa shape index (κ1) is 30.6. The molecule has 1 fully saturated rings. The van der Waals surface area contributed by atoms with Gasteiger partial charge in [-0.25, -0.2) is 0 Å². The smallest absolute Gasteiger partial charge is 0.345 e. The predicted molar refractivity (Wildman–Crippen MR) is 150 cm³/mol. The molecule has 0 aliphatic carbocycles. The number of carbonyl (C=O) groups is 3. The van der Waals surface area contributed by atoms with Crippen LogP contribution in [0.4, 0.5) is 8.78 Å². The van der Waals surface area contributed by atoms with Crippen molar-refractivity contribution in [1.29, 1.82) is 5.41 Å². The van der Waals surface area contributed by atoms with Crippen LogP contribution in [0.5, 0.6) is 11.5 Å². The normalized spacial score (nSPS) is 17.1. The summed E-state index contributed by atoms with van der Waals surface area (Å²) in [5.41, 5.74) is 6.15. The monoisotopic (exact) mass is 601 g/mol. The molecular formula is C28H29F2N5O6S. The molecule has 1 saturated heterocycles. The fraction of sp³-hybridized carbons (Fsp3) is 0.286. The van der Waals surface area contributed by atoms with Crippen molar-refractivity contribution in [1.82, 2.24) is 15.5 Å². The largest absolute Gasteiger partial charge is 0.457 e. The minimum atomic E-state index is -3.11. The van der Waals surface area contributed by atoms with Crippen LogP contribution in [0, 0.1) is 5.41 Å². The van der Waals surface area contributed by atoms with Crippen molar-refractivity contribution >= 4 is 34.9 Å². The third-order valence-corrected chi connectivity index (χ3v) is 7.50. The average molecular weight is 602 g/mol. The van der Waals surface area contributed by atoms with Crippen LogP contribution in [0.15, 0.2) is 66.0 Å². The van der Waals surface area contributed by atoms with E-state index in [9.17, 15) is 28.3 Å². The highest BCUT2D eigenvalue weighted by Crippen LogP contribution is 2.26. The van der Waals surface area contributed by atoms with Gasteiger partial charge < -0.3 is 35.8 Å². The molecule has 1 aliphatic heterocycles. The highest BCUT2D eigenvalue weighted by atomic mass is 32.1. The van der Waals surface area contributed by atoms with Crippen molar-refractivity contribution in [3.63, 3.8) is 0 Å². The van der Waals surface area contributed by atoms with Gasteiger partial charge in [0.05, 0.1) is 25.3 Å². The van der Waals surface area contributed by atoms with E-state index >= 15 is 0 Å². The van der Waals surface area contributed by atoms with Gasteiger partial charge in [0.25, 0.3) is 5.91 Å². The first-order valence-electron chi connectivity index (χ1n) is 12.8. The predicted octanol–water partition coefficient (Wildman–Crippen LogP) is 2.61. The third-order valence-electron chi connectivity index (χ3n) is 6.45. The molecule has 3 amide bonds. The van der Waals surface area contributed by atoms with Gasteiger partial charge in [-0.1, -0.05) is 18.2 Å². The molecule has 2 heterocycles. The van der Waals surface area contributed by atoms with E-state index in [1.54, 1.807) is 35.7 Å². The summed E-state index contributed by atoms with van der Waals surface area (Å²) in [5, 5.41) is 24.1. The lowest BCUT2D eigenvalue weighted by atomic mass is 10.1. The van der Waals surface area contributed by atoms with Gasteiger partial charge in [0.2, 0.25) is 11.8 Å². The summed E-state index contributed by atoms with van der Waals surface area (Å²) >= 11 is 1.17. The summed E-state index contributed by atoms with van der Waals surface area (Å²) in [7, 11) is 0. The number of carbonyl (C=O) groups excluding carboxylic acids is 3. The number of benzene rings is 2. The van der Waals surface area contributed by atoms with Crippen molar-refractivity contribution in [2.24, 2.45) is 5.73 Å². The summed E-state index contributed by atoms with van der Waals surface area (Å²) in [6, 6.07) is 14.8. The standard InChI is InChI=1S/C28H29F2N5O6S/c29-28(30)41-20-11-22(27(39)34-21(14-36)23-10-17(15-42-23)25(31)32)35(13-20)24(37)12-33-26(38)16-6-8-19(9-7-16)40-18-4-2-1-3-5-18/h1-10,15,20-22,28,36H,11-14H2,(H3,31,32)(H,33,38)(H,34,39)/t20-,21+,22+/m1/s1. The van der Waals surface area contributed by atoms with Gasteiger partial charge in [0.15, 0.2) is 0 Å². The molecule has 0 unspecified atom stereocenters. The molecule has 3 aromatic rings. The fourth-order valence-electron chi connectivity index (χ4n) is 4.38. The number of thiophene rings is 1. The summed E-state index contributed by atoms with van der Waals surface area (Å²) in [6.07, 6.45) is -1.32. The van der Waals surface area contributed by atoms with Crippen LogP contribution in [0.1, 0.15) is 33.3 Å². The summed E-state index contributed by atoms with van der Waals surface area (Å²) < 4.78 is 36.2. The van der Waals surface area contributed by atoms with Crippen LogP contribution in [-0.4, -0.2) is 72.0 Å². The second-order valence-corrected chi connectivity index (χ2v) is 10.3. The van der Waals surface area contributed by atoms with E-state index in [1.807, 2.05) is 18.2 Å². The number of hydrogen-bond donors (Lipinski definition) is 5. The number of amidine groups is 1. The summed E-state index contributed by atoms with van der Waals surface area (Å²) in [4.78, 5) is 40.5. The minimum Gasteiger partial charge on any atom is -0.457 e. The highest BCUT2D eigenvalue weighted by Gasteiger charge is 2.41. The Morgan fingerprint density at radius 2 is 1.79 bits per heavy atom. The SMILES string of the molecule is N=C(N)c1csc([C@H](CO)NC(=O)[C@@H]2C[C@@H](OC(F)F)CN2C(=O)CNC(=O)c2ccc(Oc3ccccc3)cc2)c1. The number of amides is 3. The Kier molecular flexibility index (Phi) is 10.2. The molecule has 1 aromatic heterocycles. The molecule has 1 aliphatic rings. The van der Waals surface area contributed by atoms with Gasteiger partial charge in [0.1, 0.15) is 23.4 Å². The second kappa shape index (κ2) is 14.0. The van der Waals surface area contributed by atoms with E-state index in [4.69, 9.17) is 15.9 Å². The van der Waals surface area contributed by atoms with Crippen molar-refractivity contribution < 1.29 is 37.7 Å². The zero-order valence-corrected chi connectivity index (χ0v) is 23.0. The van der Waals surface area contributed by atoms with E-state index in [1.165, 1.54) is 23.5 Å². The molecule has 4 rings (SSSR count). The average Bonchev–Trinajstić information content (AvgIpc) is 3.63. The Bertz CT molecular complexity index is 1410. The molecule has 2 aromatic carbocycles. The zero-order chi connectivity index (χ0) is 30.2. The lowest BCUT2D eigenvalue weighted by Crippen LogP contribution is -2.49. The van der Waals surface area contributed by atoms with Crippen LogP contribution in [0.25, 0.3) is 0 Å². The highest BCUT2D eigenvalue weighted by molar-refractivity contribution is 7.10. The van der Waals surface area contributed by atoms with E-state index in [0.29, 0.717) is 21.9 Å². The summed E-state index contributed by atoms with van der Waals surface area (Å²) in [5.74, 6) is -0.983. The van der Waals surface area contributed by atoms with Crippen LogP contribution in [-0.2, 0) is 14.3 Å². The Hall–Kier alpha value is -4.40. The zero-order valence-electron chi connectivity index (χ0n) is 22.2. The van der Waals surface area contributed by atoms with Gasteiger partial charge in [-0.2, -0.15) is 8.78 Å². The van der Waals surface area contributed by atoms with Crippen LogP contribution >= 0.6 is 11.3 Å². The Balaban J connectivity index is 1.38. The molecule has 6 N–H and O–H groups in total. The van der Waals surface area contributed by atoms with Crippen molar-refractivity contribution in [2.45, 2.75) is 31.2 Å². The number of halogens is 2. The number of nitrogens with one attached hydrogen (secondary N) is 3. The molecule has 14 heteroatoms. The molecule has 42 heavy (non-hydrogen) atoms. The van der Waals surface area contributed by atoms with Crippen molar-refractivity contribution in [2.75, 3.05) is 19.7 Å². The van der Waals surface area contributed by atoms with Gasteiger partial charge in [-0.15, -0.1) is 11.3 Å². The first-order chi connectivity index (χ1) is 20.1. The number of ether oxygens (including phenoxy) is 2. The lowest BCUT2D eigenvalue weighted by molar-refractivity contribution is -0.160. The van der Waals surface area contributed by atoms with Crippen LogP contribution in [0.3, 0.4) is 0 Å². The molecule has 0 bridgehead atoms. The molecular weight excluding hydrogens is 572 g/mol.